The minimum absolute atomic E-state index is 0.0659. The van der Waals surface area contributed by atoms with Gasteiger partial charge in [-0.2, -0.15) is 23.3 Å². The maximum Gasteiger partial charge on any atom is 0.416 e. The monoisotopic (exact) mass is 601 g/mol. The summed E-state index contributed by atoms with van der Waals surface area (Å²) in [6, 6.07) is 4.20. The third-order valence-electron chi connectivity index (χ3n) is 7.26. The molecule has 0 saturated carbocycles. The summed E-state index contributed by atoms with van der Waals surface area (Å²) in [5.41, 5.74) is 1.09. The van der Waals surface area contributed by atoms with Gasteiger partial charge >= 0.3 is 6.18 Å². The molecule has 0 atom stereocenters. The number of benzene rings is 1. The molecule has 0 aliphatic carbocycles. The van der Waals surface area contributed by atoms with Gasteiger partial charge in [0.2, 0.25) is 5.95 Å². The van der Waals surface area contributed by atoms with Crippen LogP contribution in [0.4, 0.5) is 24.8 Å². The van der Waals surface area contributed by atoms with Crippen molar-refractivity contribution in [3.8, 4) is 11.5 Å². The highest BCUT2D eigenvalue weighted by atomic mass is 35.5. The molecule has 0 radical (unpaired) electrons. The molecule has 0 unspecified atom stereocenters. The smallest absolute Gasteiger partial charge is 0.416 e. The third kappa shape index (κ3) is 5.57. The number of alkyl halides is 3. The molecule has 15 heteroatoms. The molecule has 0 amide bonds. The Morgan fingerprint density at radius 3 is 2.62 bits per heavy atom. The molecule has 5 aromatic rings. The molecular formula is C27H27ClF3N9O2. The van der Waals surface area contributed by atoms with Crippen LogP contribution >= 0.6 is 11.6 Å². The van der Waals surface area contributed by atoms with E-state index in [2.05, 4.69) is 30.3 Å². The summed E-state index contributed by atoms with van der Waals surface area (Å²) in [7, 11) is 1.68. The second-order valence-electron chi connectivity index (χ2n) is 9.96. The molecule has 11 nitrogen and oxygen atoms in total. The van der Waals surface area contributed by atoms with Crippen LogP contribution in [0.15, 0.2) is 49.2 Å². The predicted molar refractivity (Wildman–Crippen MR) is 150 cm³/mol. The van der Waals surface area contributed by atoms with Crippen molar-refractivity contribution in [2.45, 2.75) is 12.7 Å². The van der Waals surface area contributed by atoms with E-state index in [9.17, 15) is 13.2 Å². The van der Waals surface area contributed by atoms with Crippen LogP contribution in [-0.2, 0) is 19.8 Å². The minimum Gasteiger partial charge on any atom is -0.450 e. The van der Waals surface area contributed by atoms with Gasteiger partial charge in [0.1, 0.15) is 16.1 Å². The molecule has 1 aliphatic heterocycles. The molecule has 0 spiro atoms. The normalized spacial score (nSPS) is 15.1. The van der Waals surface area contributed by atoms with E-state index in [4.69, 9.17) is 21.4 Å². The number of piperazine rings is 1. The van der Waals surface area contributed by atoms with Gasteiger partial charge in [0.15, 0.2) is 17.1 Å². The molecule has 1 aromatic carbocycles. The van der Waals surface area contributed by atoms with E-state index in [0.29, 0.717) is 55.2 Å². The SMILES string of the molecule is Cn1c(Nc2ccc(CN3CCN(CCO)CC3)c(C(F)(F)F)c2)nc2ncc(Oc3cnn4ccncc34)c(Cl)c21. The van der Waals surface area contributed by atoms with Gasteiger partial charge < -0.3 is 19.7 Å². The summed E-state index contributed by atoms with van der Waals surface area (Å²) >= 11 is 6.69. The van der Waals surface area contributed by atoms with E-state index in [1.165, 1.54) is 18.5 Å². The largest absolute Gasteiger partial charge is 0.450 e. The lowest BCUT2D eigenvalue weighted by atomic mass is 10.0. The molecule has 220 valence electrons. The number of hydrogen-bond acceptors (Lipinski definition) is 9. The van der Waals surface area contributed by atoms with Crippen molar-refractivity contribution in [2.24, 2.45) is 7.05 Å². The van der Waals surface area contributed by atoms with E-state index in [-0.39, 0.29) is 41.1 Å². The first kappa shape index (κ1) is 28.2. The van der Waals surface area contributed by atoms with Gasteiger partial charge in [0, 0.05) is 64.4 Å². The van der Waals surface area contributed by atoms with E-state index in [1.807, 2.05) is 4.90 Å². The molecule has 1 aliphatic rings. The number of halogens is 4. The average Bonchev–Trinajstić information content (AvgIpc) is 3.52. The van der Waals surface area contributed by atoms with Crippen LogP contribution in [-0.4, -0.2) is 83.4 Å². The number of nitrogens with zero attached hydrogens (tertiary/aromatic N) is 8. The van der Waals surface area contributed by atoms with E-state index < -0.39 is 11.7 Å². The number of hydrogen-bond donors (Lipinski definition) is 2. The maximum absolute atomic E-state index is 14.1. The van der Waals surface area contributed by atoms with Gasteiger partial charge in [0.25, 0.3) is 0 Å². The van der Waals surface area contributed by atoms with E-state index in [0.717, 1.165) is 6.07 Å². The van der Waals surface area contributed by atoms with Crippen molar-refractivity contribution >= 4 is 39.9 Å². The molecule has 0 bridgehead atoms. The quantitative estimate of drug-likeness (QED) is 0.269. The number of aliphatic hydroxyl groups is 1. The van der Waals surface area contributed by atoms with Crippen LogP contribution < -0.4 is 10.1 Å². The Morgan fingerprint density at radius 2 is 1.86 bits per heavy atom. The van der Waals surface area contributed by atoms with Crippen LogP contribution in [0, 0.1) is 0 Å². The molecule has 1 saturated heterocycles. The summed E-state index contributed by atoms with van der Waals surface area (Å²) in [5.74, 6) is 0.953. The first-order valence-electron chi connectivity index (χ1n) is 13.2. The number of aromatic nitrogens is 6. The summed E-state index contributed by atoms with van der Waals surface area (Å²) in [6.45, 7) is 3.48. The van der Waals surface area contributed by atoms with E-state index >= 15 is 0 Å². The fourth-order valence-electron chi connectivity index (χ4n) is 5.04. The number of aryl methyl sites for hydroxylation is 1. The molecular weight excluding hydrogens is 575 g/mol. The Morgan fingerprint density at radius 1 is 1.07 bits per heavy atom. The van der Waals surface area contributed by atoms with Crippen molar-refractivity contribution in [3.05, 3.63) is 65.3 Å². The molecule has 42 heavy (non-hydrogen) atoms. The summed E-state index contributed by atoms with van der Waals surface area (Å²) < 4.78 is 51.6. The topological polar surface area (TPSA) is 109 Å². The highest BCUT2D eigenvalue weighted by molar-refractivity contribution is 6.36. The Balaban J connectivity index is 1.24. The van der Waals surface area contributed by atoms with Crippen LogP contribution in [0.25, 0.3) is 16.7 Å². The fraction of sp³-hybridized carbons (Fsp3) is 0.333. The summed E-state index contributed by atoms with van der Waals surface area (Å²) in [4.78, 5) is 17.0. The Kier molecular flexibility index (Phi) is 7.62. The Bertz CT molecular complexity index is 1730. The van der Waals surface area contributed by atoms with Crippen molar-refractivity contribution in [1.82, 2.24) is 38.9 Å². The first-order valence-corrected chi connectivity index (χ1v) is 13.6. The fourth-order valence-corrected chi connectivity index (χ4v) is 5.34. The Hall–Kier alpha value is -3.98. The van der Waals surface area contributed by atoms with Crippen LogP contribution in [0.2, 0.25) is 5.02 Å². The molecule has 6 rings (SSSR count). The van der Waals surface area contributed by atoms with Crippen LogP contribution in [0.3, 0.4) is 0 Å². The number of fused-ring (bicyclic) bond motifs is 2. The van der Waals surface area contributed by atoms with Crippen LogP contribution in [0.5, 0.6) is 11.5 Å². The highest BCUT2D eigenvalue weighted by Gasteiger charge is 2.34. The van der Waals surface area contributed by atoms with Crippen molar-refractivity contribution in [3.63, 3.8) is 0 Å². The standard InChI is InChI=1S/C27H27ClF3N9O2/c1-37-24-23(28)22(42-21-15-34-40-5-4-32-13-20(21)40)14-33-25(24)36-26(37)35-18-3-2-17(19(12-18)27(29,30)31)16-39-8-6-38(7-9-39)10-11-41/h2-5,12-15,41H,6-11,16H2,1H3,(H,33,35,36). The van der Waals surface area contributed by atoms with Gasteiger partial charge in [-0.3, -0.25) is 14.8 Å². The van der Waals surface area contributed by atoms with Crippen molar-refractivity contribution < 1.29 is 23.0 Å². The van der Waals surface area contributed by atoms with E-state index in [1.54, 1.807) is 40.8 Å². The highest BCUT2D eigenvalue weighted by Crippen LogP contribution is 2.38. The number of rotatable bonds is 8. The third-order valence-corrected chi connectivity index (χ3v) is 7.63. The number of nitrogens with one attached hydrogen (secondary N) is 1. The first-order chi connectivity index (χ1) is 20.2. The Labute approximate surface area is 243 Å². The molecule has 4 aromatic heterocycles. The lowest BCUT2D eigenvalue weighted by Crippen LogP contribution is -2.46. The lowest BCUT2D eigenvalue weighted by molar-refractivity contribution is -0.138. The predicted octanol–water partition coefficient (Wildman–Crippen LogP) is 4.33. The number of β-amino-alcohol motifs (C(OH)–C–C–N with tert-alkyl or cyclic N) is 1. The van der Waals surface area contributed by atoms with Crippen molar-refractivity contribution in [2.75, 3.05) is 44.6 Å². The van der Waals surface area contributed by atoms with Gasteiger partial charge in [-0.1, -0.05) is 17.7 Å². The zero-order valence-electron chi connectivity index (χ0n) is 22.5. The number of anilines is 2. The van der Waals surface area contributed by atoms with Gasteiger partial charge in [0.05, 0.1) is 30.8 Å². The lowest BCUT2D eigenvalue weighted by Gasteiger charge is -2.34. The van der Waals surface area contributed by atoms with Gasteiger partial charge in [-0.25, -0.2) is 9.50 Å². The molecule has 1 fully saturated rings. The zero-order valence-corrected chi connectivity index (χ0v) is 23.3. The van der Waals surface area contributed by atoms with Gasteiger partial charge in [-0.05, 0) is 17.7 Å². The second-order valence-corrected chi connectivity index (χ2v) is 10.3. The molecule has 5 heterocycles. The maximum atomic E-state index is 14.1. The summed E-state index contributed by atoms with van der Waals surface area (Å²) in [6.07, 6.45) is 3.31. The zero-order chi connectivity index (χ0) is 29.4. The van der Waals surface area contributed by atoms with Crippen molar-refractivity contribution in [1.29, 1.82) is 0 Å². The number of aliphatic hydroxyl groups excluding tert-OH is 1. The number of pyridine rings is 1. The van der Waals surface area contributed by atoms with Crippen LogP contribution in [0.1, 0.15) is 11.1 Å². The average molecular weight is 602 g/mol. The number of ether oxygens (including phenoxy) is 1. The summed E-state index contributed by atoms with van der Waals surface area (Å²) in [5, 5.41) is 16.6. The minimum atomic E-state index is -4.54. The molecule has 2 N–H and O–H groups in total. The number of imidazole rings is 1. The second kappa shape index (κ2) is 11.4. The van der Waals surface area contributed by atoms with Gasteiger partial charge in [-0.15, -0.1) is 0 Å².